The number of ether oxygens (including phenoxy) is 3. The van der Waals surface area contributed by atoms with Gasteiger partial charge in [0.1, 0.15) is 11.2 Å². The Labute approximate surface area is 173 Å². The lowest BCUT2D eigenvalue weighted by molar-refractivity contribution is 0.0386. The van der Waals surface area contributed by atoms with E-state index in [-0.39, 0.29) is 0 Å². The highest BCUT2D eigenvalue weighted by Gasteiger charge is 2.29. The molecular formula is C22H32N4O3. The molecular weight excluding hydrogens is 368 g/mol. The SMILES string of the molecule is COCC(C#N)(CCCCCCCCOc1ccc(-c2ccn[nH]2)nc1)COC. The summed E-state index contributed by atoms with van der Waals surface area (Å²) in [6.45, 7) is 1.54. The lowest BCUT2D eigenvalue weighted by atomic mass is 9.85. The highest BCUT2D eigenvalue weighted by Crippen LogP contribution is 2.25. The maximum Gasteiger partial charge on any atom is 0.137 e. The first-order chi connectivity index (χ1) is 14.2. The molecule has 2 aromatic rings. The van der Waals surface area contributed by atoms with Gasteiger partial charge in [-0.2, -0.15) is 10.4 Å². The average Bonchev–Trinajstić information content (AvgIpc) is 3.28. The Morgan fingerprint density at radius 2 is 1.72 bits per heavy atom. The van der Waals surface area contributed by atoms with Crippen LogP contribution in [0.25, 0.3) is 11.4 Å². The second-order valence-electron chi connectivity index (χ2n) is 7.33. The van der Waals surface area contributed by atoms with E-state index >= 15 is 0 Å². The fourth-order valence-electron chi connectivity index (χ4n) is 3.35. The van der Waals surface area contributed by atoms with Crippen LogP contribution in [-0.2, 0) is 9.47 Å². The van der Waals surface area contributed by atoms with E-state index in [0.717, 1.165) is 49.2 Å². The minimum Gasteiger partial charge on any atom is -0.492 e. The molecule has 158 valence electrons. The van der Waals surface area contributed by atoms with Crippen molar-refractivity contribution >= 4 is 0 Å². The molecule has 0 fully saturated rings. The van der Waals surface area contributed by atoms with Crippen molar-refractivity contribution in [3.05, 3.63) is 30.6 Å². The van der Waals surface area contributed by atoms with Crippen LogP contribution in [0, 0.1) is 16.7 Å². The monoisotopic (exact) mass is 400 g/mol. The van der Waals surface area contributed by atoms with E-state index in [1.807, 2.05) is 18.2 Å². The molecule has 0 saturated carbocycles. The Hall–Kier alpha value is -2.43. The summed E-state index contributed by atoms with van der Waals surface area (Å²) in [5, 5.41) is 16.3. The van der Waals surface area contributed by atoms with Gasteiger partial charge in [-0.1, -0.05) is 32.1 Å². The van der Waals surface area contributed by atoms with Gasteiger partial charge in [-0.15, -0.1) is 0 Å². The van der Waals surface area contributed by atoms with Crippen LogP contribution in [0.3, 0.4) is 0 Å². The van der Waals surface area contributed by atoms with Crippen molar-refractivity contribution in [2.24, 2.45) is 5.41 Å². The van der Waals surface area contributed by atoms with Gasteiger partial charge in [-0.05, 0) is 31.0 Å². The molecule has 29 heavy (non-hydrogen) atoms. The molecule has 0 radical (unpaired) electrons. The number of nitrogens with zero attached hydrogens (tertiary/aromatic N) is 3. The van der Waals surface area contributed by atoms with Gasteiger partial charge >= 0.3 is 0 Å². The topological polar surface area (TPSA) is 93.1 Å². The van der Waals surface area contributed by atoms with E-state index < -0.39 is 5.41 Å². The zero-order valence-corrected chi connectivity index (χ0v) is 17.5. The normalized spacial score (nSPS) is 11.3. The number of H-pyrrole nitrogens is 1. The van der Waals surface area contributed by atoms with Crippen molar-refractivity contribution < 1.29 is 14.2 Å². The van der Waals surface area contributed by atoms with Crippen molar-refractivity contribution in [2.75, 3.05) is 34.0 Å². The van der Waals surface area contributed by atoms with Gasteiger partial charge in [0.2, 0.25) is 0 Å². The van der Waals surface area contributed by atoms with Crippen LogP contribution >= 0.6 is 0 Å². The molecule has 0 saturated heterocycles. The van der Waals surface area contributed by atoms with Gasteiger partial charge < -0.3 is 14.2 Å². The van der Waals surface area contributed by atoms with Crippen LogP contribution in [0.1, 0.15) is 44.9 Å². The molecule has 0 unspecified atom stereocenters. The van der Waals surface area contributed by atoms with E-state index in [4.69, 9.17) is 14.2 Å². The molecule has 0 spiro atoms. The van der Waals surface area contributed by atoms with E-state index in [9.17, 15) is 5.26 Å². The van der Waals surface area contributed by atoms with Crippen molar-refractivity contribution in [2.45, 2.75) is 44.9 Å². The quantitative estimate of drug-likeness (QED) is 0.446. The highest BCUT2D eigenvalue weighted by atomic mass is 16.5. The Balaban J connectivity index is 1.53. The smallest absolute Gasteiger partial charge is 0.137 e. The lowest BCUT2D eigenvalue weighted by Crippen LogP contribution is -2.30. The number of nitrogens with one attached hydrogen (secondary N) is 1. The van der Waals surface area contributed by atoms with Crippen molar-refractivity contribution in [3.63, 3.8) is 0 Å². The third-order valence-electron chi connectivity index (χ3n) is 4.91. The molecule has 7 heteroatoms. The summed E-state index contributed by atoms with van der Waals surface area (Å²) >= 11 is 0. The van der Waals surface area contributed by atoms with Gasteiger partial charge in [0.05, 0.1) is 43.5 Å². The predicted molar refractivity (Wildman–Crippen MR) is 111 cm³/mol. The van der Waals surface area contributed by atoms with Crippen molar-refractivity contribution in [1.29, 1.82) is 5.26 Å². The van der Waals surface area contributed by atoms with Crippen LogP contribution in [0.15, 0.2) is 30.6 Å². The largest absolute Gasteiger partial charge is 0.492 e. The molecule has 0 amide bonds. The number of aromatic amines is 1. The summed E-state index contributed by atoms with van der Waals surface area (Å²) in [6.07, 6.45) is 10.9. The lowest BCUT2D eigenvalue weighted by Gasteiger charge is -2.24. The minimum atomic E-state index is -0.516. The number of hydrogen-bond donors (Lipinski definition) is 1. The van der Waals surface area contributed by atoms with E-state index in [1.54, 1.807) is 26.6 Å². The molecule has 0 aromatic carbocycles. The maximum absolute atomic E-state index is 9.46. The number of pyridine rings is 1. The zero-order valence-electron chi connectivity index (χ0n) is 17.5. The Kier molecular flexibility index (Phi) is 10.2. The minimum absolute atomic E-state index is 0.423. The Morgan fingerprint density at radius 3 is 2.31 bits per heavy atom. The van der Waals surface area contributed by atoms with E-state index in [0.29, 0.717) is 19.8 Å². The molecule has 0 aliphatic carbocycles. The van der Waals surface area contributed by atoms with Crippen molar-refractivity contribution in [1.82, 2.24) is 15.2 Å². The summed E-state index contributed by atoms with van der Waals surface area (Å²) in [5.74, 6) is 0.789. The first-order valence-electron chi connectivity index (χ1n) is 10.2. The Bertz CT molecular complexity index is 705. The Morgan fingerprint density at radius 1 is 1.00 bits per heavy atom. The van der Waals surface area contributed by atoms with Gasteiger partial charge in [0, 0.05) is 20.4 Å². The van der Waals surface area contributed by atoms with Crippen LogP contribution in [0.5, 0.6) is 5.75 Å². The summed E-state index contributed by atoms with van der Waals surface area (Å²) in [6, 6.07) is 8.14. The molecule has 0 aliphatic heterocycles. The van der Waals surface area contributed by atoms with Gasteiger partial charge in [0.25, 0.3) is 0 Å². The van der Waals surface area contributed by atoms with E-state index in [2.05, 4.69) is 21.3 Å². The molecule has 2 aromatic heterocycles. The van der Waals surface area contributed by atoms with Gasteiger partial charge in [-0.25, -0.2) is 0 Å². The third kappa shape index (κ3) is 7.84. The molecule has 2 rings (SSSR count). The standard InChI is InChI=1S/C22H32N4O3/c1-27-17-22(16-23,18-28-2)12-7-5-3-4-6-8-14-29-19-9-10-20(24-15-19)21-11-13-25-26-21/h9-11,13,15H,3-8,12,14,17-18H2,1-2H3,(H,25,26). The predicted octanol–water partition coefficient (Wildman–Crippen LogP) is 4.38. The number of aromatic nitrogens is 3. The summed E-state index contributed by atoms with van der Waals surface area (Å²) in [7, 11) is 3.27. The van der Waals surface area contributed by atoms with E-state index in [1.165, 1.54) is 12.8 Å². The summed E-state index contributed by atoms with van der Waals surface area (Å²) in [5.41, 5.74) is 1.23. The molecule has 2 heterocycles. The molecule has 0 bridgehead atoms. The zero-order chi connectivity index (χ0) is 20.8. The summed E-state index contributed by atoms with van der Waals surface area (Å²) in [4.78, 5) is 4.39. The fraction of sp³-hybridized carbons (Fsp3) is 0.591. The second-order valence-corrected chi connectivity index (χ2v) is 7.33. The number of unbranched alkanes of at least 4 members (excludes halogenated alkanes) is 5. The molecule has 7 nitrogen and oxygen atoms in total. The molecule has 0 atom stereocenters. The fourth-order valence-corrected chi connectivity index (χ4v) is 3.35. The van der Waals surface area contributed by atoms with Gasteiger partial charge in [0.15, 0.2) is 0 Å². The number of hydrogen-bond acceptors (Lipinski definition) is 6. The third-order valence-corrected chi connectivity index (χ3v) is 4.91. The number of rotatable bonds is 15. The van der Waals surface area contributed by atoms with Gasteiger partial charge in [-0.3, -0.25) is 10.1 Å². The average molecular weight is 401 g/mol. The van der Waals surface area contributed by atoms with Crippen LogP contribution < -0.4 is 4.74 Å². The first-order valence-corrected chi connectivity index (χ1v) is 10.2. The van der Waals surface area contributed by atoms with Crippen LogP contribution in [-0.4, -0.2) is 49.2 Å². The molecule has 1 N–H and O–H groups in total. The van der Waals surface area contributed by atoms with Crippen molar-refractivity contribution in [3.8, 4) is 23.2 Å². The number of methoxy groups -OCH3 is 2. The van der Waals surface area contributed by atoms with Crippen LogP contribution in [0.4, 0.5) is 0 Å². The number of nitriles is 1. The highest BCUT2D eigenvalue weighted by molar-refractivity contribution is 5.53. The first kappa shape index (κ1) is 22.9. The molecule has 0 aliphatic rings. The maximum atomic E-state index is 9.46. The second kappa shape index (κ2) is 12.9. The summed E-state index contributed by atoms with van der Waals surface area (Å²) < 4.78 is 16.2. The van der Waals surface area contributed by atoms with Crippen LogP contribution in [0.2, 0.25) is 0 Å².